The lowest BCUT2D eigenvalue weighted by Crippen LogP contribution is -2.22. The number of aryl methyl sites for hydroxylation is 1. The minimum atomic E-state index is 0.172. The van der Waals surface area contributed by atoms with Gasteiger partial charge in [0.05, 0.1) is 3.92 Å². The van der Waals surface area contributed by atoms with E-state index in [0.717, 1.165) is 22.9 Å². The van der Waals surface area contributed by atoms with E-state index in [1.807, 2.05) is 12.1 Å². The number of alkyl halides is 1. The van der Waals surface area contributed by atoms with Crippen LogP contribution in [0.25, 0.3) is 0 Å². The fourth-order valence-corrected chi connectivity index (χ4v) is 2.65. The van der Waals surface area contributed by atoms with Crippen molar-refractivity contribution in [1.29, 1.82) is 0 Å². The van der Waals surface area contributed by atoms with Crippen molar-refractivity contribution in [2.45, 2.75) is 16.8 Å². The molecule has 1 aliphatic rings. The highest BCUT2D eigenvalue weighted by molar-refractivity contribution is 14.1. The van der Waals surface area contributed by atoms with Crippen molar-refractivity contribution in [3.05, 3.63) is 33.8 Å². The van der Waals surface area contributed by atoms with Gasteiger partial charge < -0.3 is 0 Å². The van der Waals surface area contributed by atoms with Crippen LogP contribution in [0.15, 0.2) is 22.7 Å². The van der Waals surface area contributed by atoms with E-state index < -0.39 is 0 Å². The number of hydrogen-bond donors (Lipinski definition) is 0. The smallest absolute Gasteiger partial charge is 0.175 e. The Kier molecular flexibility index (Phi) is 2.74. The van der Waals surface area contributed by atoms with Crippen LogP contribution < -0.4 is 0 Å². The van der Waals surface area contributed by atoms with Crippen molar-refractivity contribution in [2.24, 2.45) is 0 Å². The topological polar surface area (TPSA) is 17.1 Å². The number of benzene rings is 1. The second-order valence-corrected chi connectivity index (χ2v) is 5.59. The molecule has 0 amide bonds. The van der Waals surface area contributed by atoms with Gasteiger partial charge in [0.25, 0.3) is 0 Å². The molecule has 13 heavy (non-hydrogen) atoms. The molecule has 2 rings (SSSR count). The Morgan fingerprint density at radius 3 is 3.00 bits per heavy atom. The van der Waals surface area contributed by atoms with Gasteiger partial charge in [0.1, 0.15) is 0 Å². The van der Waals surface area contributed by atoms with Crippen LogP contribution in [0.4, 0.5) is 0 Å². The van der Waals surface area contributed by atoms with E-state index in [1.54, 1.807) is 0 Å². The number of hydrogen-bond acceptors (Lipinski definition) is 1. The molecule has 1 unspecified atom stereocenters. The summed E-state index contributed by atoms with van der Waals surface area (Å²) in [5, 5.41) is 0. The summed E-state index contributed by atoms with van der Waals surface area (Å²) < 4.78 is 1.23. The molecule has 0 aliphatic heterocycles. The first-order valence-corrected chi connectivity index (χ1v) is 6.19. The van der Waals surface area contributed by atoms with Gasteiger partial charge in [0.15, 0.2) is 5.78 Å². The molecular weight excluding hydrogens is 343 g/mol. The fraction of sp³-hybridized carbons (Fsp3) is 0.300. The van der Waals surface area contributed by atoms with Gasteiger partial charge in [-0.2, -0.15) is 0 Å². The van der Waals surface area contributed by atoms with Crippen LogP contribution in [0.1, 0.15) is 22.3 Å². The van der Waals surface area contributed by atoms with E-state index in [1.165, 1.54) is 5.56 Å². The minimum Gasteiger partial charge on any atom is -0.293 e. The lowest BCUT2D eigenvalue weighted by atomic mass is 9.91. The first kappa shape index (κ1) is 9.65. The average molecular weight is 351 g/mol. The van der Waals surface area contributed by atoms with Crippen molar-refractivity contribution < 1.29 is 4.79 Å². The molecule has 1 nitrogen and oxygen atoms in total. The molecule has 1 aromatic rings. The van der Waals surface area contributed by atoms with E-state index >= 15 is 0 Å². The van der Waals surface area contributed by atoms with Crippen LogP contribution in [0.5, 0.6) is 0 Å². The van der Waals surface area contributed by atoms with Crippen LogP contribution in [0.2, 0.25) is 0 Å². The molecule has 1 atom stereocenters. The Morgan fingerprint density at radius 2 is 2.23 bits per heavy atom. The predicted molar refractivity (Wildman–Crippen MR) is 64.6 cm³/mol. The molecule has 3 heteroatoms. The van der Waals surface area contributed by atoms with Gasteiger partial charge in [-0.3, -0.25) is 4.79 Å². The Balaban J connectivity index is 2.50. The highest BCUT2D eigenvalue weighted by Crippen LogP contribution is 2.28. The third-order valence-electron chi connectivity index (χ3n) is 2.28. The zero-order valence-electron chi connectivity index (χ0n) is 6.89. The predicted octanol–water partition coefficient (Wildman–Crippen LogP) is 3.38. The highest BCUT2D eigenvalue weighted by Gasteiger charge is 2.24. The highest BCUT2D eigenvalue weighted by atomic mass is 127. The number of Topliss-reactive ketones (excluding diaryl/α,β-unsaturated/α-hetero) is 1. The van der Waals surface area contributed by atoms with Gasteiger partial charge in [-0.15, -0.1) is 0 Å². The van der Waals surface area contributed by atoms with E-state index in [9.17, 15) is 4.79 Å². The van der Waals surface area contributed by atoms with Crippen molar-refractivity contribution in [3.63, 3.8) is 0 Å². The summed E-state index contributed by atoms with van der Waals surface area (Å²) in [6.45, 7) is 0. The van der Waals surface area contributed by atoms with Crippen molar-refractivity contribution in [2.75, 3.05) is 0 Å². The fourth-order valence-electron chi connectivity index (χ4n) is 1.59. The SMILES string of the molecule is O=C1c2ccc(Br)cc2CCC1I. The normalized spacial score (nSPS) is 21.4. The van der Waals surface area contributed by atoms with Gasteiger partial charge in [-0.25, -0.2) is 0 Å². The Hall–Kier alpha value is 0.1000. The molecular formula is C10H8BrIO. The molecule has 0 aromatic heterocycles. The lowest BCUT2D eigenvalue weighted by Gasteiger charge is -2.18. The number of ketones is 1. The summed E-state index contributed by atoms with van der Waals surface area (Å²) in [5.74, 6) is 0.286. The summed E-state index contributed by atoms with van der Waals surface area (Å²) in [6.07, 6.45) is 2.00. The Labute approximate surface area is 99.2 Å². The zero-order valence-corrected chi connectivity index (χ0v) is 10.6. The maximum absolute atomic E-state index is 11.7. The molecule has 68 valence electrons. The molecule has 0 saturated carbocycles. The summed E-state index contributed by atoms with van der Waals surface area (Å²) >= 11 is 5.64. The van der Waals surface area contributed by atoms with Crippen LogP contribution in [-0.2, 0) is 6.42 Å². The van der Waals surface area contributed by atoms with Crippen molar-refractivity contribution in [3.8, 4) is 0 Å². The molecule has 0 spiro atoms. The maximum atomic E-state index is 11.7. The summed E-state index contributed by atoms with van der Waals surface area (Å²) in [7, 11) is 0. The Morgan fingerprint density at radius 1 is 1.46 bits per heavy atom. The van der Waals surface area contributed by atoms with Crippen LogP contribution >= 0.6 is 38.5 Å². The van der Waals surface area contributed by atoms with Gasteiger partial charge in [-0.05, 0) is 36.6 Å². The monoisotopic (exact) mass is 350 g/mol. The quantitative estimate of drug-likeness (QED) is 0.518. The molecule has 0 heterocycles. The minimum absolute atomic E-state index is 0.172. The van der Waals surface area contributed by atoms with E-state index in [0.29, 0.717) is 0 Å². The molecule has 0 radical (unpaired) electrons. The number of rotatable bonds is 0. The molecule has 1 aromatic carbocycles. The van der Waals surface area contributed by atoms with Crippen LogP contribution in [0, 0.1) is 0 Å². The first-order valence-electron chi connectivity index (χ1n) is 4.15. The first-order chi connectivity index (χ1) is 6.18. The van der Waals surface area contributed by atoms with E-state index in [4.69, 9.17) is 0 Å². The third kappa shape index (κ3) is 1.81. The van der Waals surface area contributed by atoms with Crippen molar-refractivity contribution >= 4 is 44.3 Å². The van der Waals surface area contributed by atoms with Gasteiger partial charge in [0, 0.05) is 10.0 Å². The number of halogens is 2. The van der Waals surface area contributed by atoms with Gasteiger partial charge >= 0.3 is 0 Å². The van der Waals surface area contributed by atoms with Crippen LogP contribution in [-0.4, -0.2) is 9.71 Å². The van der Waals surface area contributed by atoms with Gasteiger partial charge in [-0.1, -0.05) is 38.5 Å². The molecule has 0 fully saturated rings. The molecule has 1 aliphatic carbocycles. The standard InChI is InChI=1S/C10H8BrIO/c11-7-2-3-8-6(5-7)1-4-9(12)10(8)13/h2-3,5,9H,1,4H2. The second kappa shape index (κ2) is 3.69. The summed E-state index contributed by atoms with van der Waals surface area (Å²) in [4.78, 5) is 11.7. The molecule has 0 saturated heterocycles. The molecule has 0 bridgehead atoms. The largest absolute Gasteiger partial charge is 0.293 e. The zero-order chi connectivity index (χ0) is 9.42. The van der Waals surface area contributed by atoms with Gasteiger partial charge in [0.2, 0.25) is 0 Å². The van der Waals surface area contributed by atoms with E-state index in [2.05, 4.69) is 44.6 Å². The number of carbonyl (C=O) groups excluding carboxylic acids is 1. The average Bonchev–Trinajstić information content (AvgIpc) is 2.12. The van der Waals surface area contributed by atoms with Crippen LogP contribution in [0.3, 0.4) is 0 Å². The maximum Gasteiger partial charge on any atom is 0.175 e. The van der Waals surface area contributed by atoms with E-state index in [-0.39, 0.29) is 9.71 Å². The third-order valence-corrected chi connectivity index (χ3v) is 3.97. The summed E-state index contributed by atoms with van der Waals surface area (Å²) in [5.41, 5.74) is 2.10. The molecule has 0 N–H and O–H groups in total. The Bertz CT molecular complexity index is 362. The number of carbonyl (C=O) groups is 1. The number of fused-ring (bicyclic) bond motifs is 1. The summed E-state index contributed by atoms with van der Waals surface area (Å²) in [6, 6.07) is 5.91. The second-order valence-electron chi connectivity index (χ2n) is 3.17. The lowest BCUT2D eigenvalue weighted by molar-refractivity contribution is 0.0984. The van der Waals surface area contributed by atoms with Crippen molar-refractivity contribution in [1.82, 2.24) is 0 Å².